The Morgan fingerprint density at radius 2 is 2.10 bits per heavy atom. The molecule has 6 heteroatoms. The van der Waals surface area contributed by atoms with Gasteiger partial charge < -0.3 is 9.84 Å². The molecule has 1 heterocycles. The Labute approximate surface area is 126 Å². The van der Waals surface area contributed by atoms with Crippen LogP contribution >= 0.6 is 0 Å². The van der Waals surface area contributed by atoms with Gasteiger partial charge in [0, 0.05) is 13.2 Å². The third-order valence-corrected chi connectivity index (χ3v) is 4.95. The molecule has 1 unspecified atom stereocenters. The average molecular weight is 313 g/mol. The molecule has 1 aliphatic heterocycles. The van der Waals surface area contributed by atoms with E-state index < -0.39 is 10.0 Å². The number of ether oxygens (including phenoxy) is 1. The van der Waals surface area contributed by atoms with Crippen molar-refractivity contribution in [1.82, 2.24) is 4.72 Å². The highest BCUT2D eigenvalue weighted by atomic mass is 32.2. The summed E-state index contributed by atoms with van der Waals surface area (Å²) in [5.74, 6) is -0.0631. The van der Waals surface area contributed by atoms with Crippen molar-refractivity contribution < 1.29 is 18.3 Å². The highest BCUT2D eigenvalue weighted by Gasteiger charge is 2.16. The number of hydrogen-bond donors (Lipinski definition) is 2. The second kappa shape index (κ2) is 7.89. The lowest BCUT2D eigenvalue weighted by atomic mass is 10.1. The minimum atomic E-state index is -3.35. The number of sulfonamides is 1. The predicted molar refractivity (Wildman–Crippen MR) is 81.2 cm³/mol. The quantitative estimate of drug-likeness (QED) is 0.801. The van der Waals surface area contributed by atoms with E-state index in [2.05, 4.69) is 4.72 Å². The normalized spacial score (nSPS) is 19.6. The largest absolute Gasteiger partial charge is 0.392 e. The van der Waals surface area contributed by atoms with Gasteiger partial charge in [-0.1, -0.05) is 24.3 Å². The molecule has 2 N–H and O–H groups in total. The smallest absolute Gasteiger partial charge is 0.215 e. The van der Waals surface area contributed by atoms with Crippen molar-refractivity contribution >= 4 is 10.0 Å². The van der Waals surface area contributed by atoms with E-state index in [-0.39, 0.29) is 18.5 Å². The Morgan fingerprint density at radius 1 is 1.29 bits per heavy atom. The molecular formula is C15H23NO4S. The van der Waals surface area contributed by atoms with Gasteiger partial charge in [0.15, 0.2) is 0 Å². The van der Waals surface area contributed by atoms with Gasteiger partial charge in [-0.3, -0.25) is 0 Å². The van der Waals surface area contributed by atoms with Crippen LogP contribution in [0.1, 0.15) is 36.8 Å². The van der Waals surface area contributed by atoms with Crippen molar-refractivity contribution in [2.75, 3.05) is 13.2 Å². The SMILES string of the molecule is O=S(=O)(Cc1cccc(CO)c1)NCCC1CCCCO1. The molecule has 0 aliphatic carbocycles. The van der Waals surface area contributed by atoms with Crippen molar-refractivity contribution in [2.24, 2.45) is 0 Å². The van der Waals surface area contributed by atoms with Crippen LogP contribution in [0.4, 0.5) is 0 Å². The fourth-order valence-electron chi connectivity index (χ4n) is 2.50. The van der Waals surface area contributed by atoms with Crippen LogP contribution in [-0.2, 0) is 27.1 Å². The molecule has 0 radical (unpaired) electrons. The van der Waals surface area contributed by atoms with Crippen LogP contribution in [0, 0.1) is 0 Å². The molecule has 1 aromatic carbocycles. The van der Waals surface area contributed by atoms with Gasteiger partial charge in [0.2, 0.25) is 10.0 Å². The van der Waals surface area contributed by atoms with E-state index in [9.17, 15) is 8.42 Å². The van der Waals surface area contributed by atoms with E-state index in [1.165, 1.54) is 0 Å². The molecule has 1 aliphatic rings. The molecule has 0 amide bonds. The van der Waals surface area contributed by atoms with Gasteiger partial charge in [-0.25, -0.2) is 13.1 Å². The average Bonchev–Trinajstić information content (AvgIpc) is 2.48. The first-order valence-electron chi connectivity index (χ1n) is 7.37. The molecule has 0 spiro atoms. The maximum Gasteiger partial charge on any atom is 0.215 e. The summed E-state index contributed by atoms with van der Waals surface area (Å²) in [5.41, 5.74) is 1.40. The lowest BCUT2D eigenvalue weighted by molar-refractivity contribution is 0.0123. The van der Waals surface area contributed by atoms with Gasteiger partial charge in [0.1, 0.15) is 0 Å². The zero-order valence-corrected chi connectivity index (χ0v) is 12.9. The van der Waals surface area contributed by atoms with Crippen LogP contribution in [0.25, 0.3) is 0 Å². The van der Waals surface area contributed by atoms with Crippen LogP contribution in [0.5, 0.6) is 0 Å². The molecule has 1 aromatic rings. The predicted octanol–water partition coefficient (Wildman–Crippen LogP) is 1.56. The summed E-state index contributed by atoms with van der Waals surface area (Å²) in [6.45, 7) is 1.11. The van der Waals surface area contributed by atoms with Crippen LogP contribution in [0.15, 0.2) is 24.3 Å². The Bertz CT molecular complexity index is 538. The van der Waals surface area contributed by atoms with Crippen molar-refractivity contribution in [3.63, 3.8) is 0 Å². The molecule has 1 atom stereocenters. The number of aliphatic hydroxyl groups is 1. The molecule has 2 rings (SSSR count). The van der Waals surface area contributed by atoms with Gasteiger partial charge >= 0.3 is 0 Å². The maximum absolute atomic E-state index is 12.0. The number of nitrogens with one attached hydrogen (secondary N) is 1. The van der Waals surface area contributed by atoms with Gasteiger partial charge in [-0.05, 0) is 36.8 Å². The highest BCUT2D eigenvalue weighted by Crippen LogP contribution is 2.15. The van der Waals surface area contributed by atoms with Gasteiger partial charge in [-0.2, -0.15) is 0 Å². The summed E-state index contributed by atoms with van der Waals surface area (Å²) < 4.78 is 32.3. The monoisotopic (exact) mass is 313 g/mol. The number of hydrogen-bond acceptors (Lipinski definition) is 4. The van der Waals surface area contributed by atoms with Gasteiger partial charge in [0.25, 0.3) is 0 Å². The van der Waals surface area contributed by atoms with Crippen molar-refractivity contribution in [3.8, 4) is 0 Å². The van der Waals surface area contributed by atoms with E-state index in [1.54, 1.807) is 24.3 Å². The van der Waals surface area contributed by atoms with Crippen LogP contribution in [0.3, 0.4) is 0 Å². The van der Waals surface area contributed by atoms with Crippen molar-refractivity contribution in [2.45, 2.75) is 44.1 Å². The fourth-order valence-corrected chi connectivity index (χ4v) is 3.65. The summed E-state index contributed by atoms with van der Waals surface area (Å²) in [7, 11) is -3.35. The summed E-state index contributed by atoms with van der Waals surface area (Å²) in [5, 5.41) is 9.07. The van der Waals surface area contributed by atoms with E-state index in [0.29, 0.717) is 12.1 Å². The molecule has 0 aromatic heterocycles. The Morgan fingerprint density at radius 3 is 2.81 bits per heavy atom. The number of benzene rings is 1. The first-order chi connectivity index (χ1) is 10.1. The van der Waals surface area contributed by atoms with E-state index >= 15 is 0 Å². The highest BCUT2D eigenvalue weighted by molar-refractivity contribution is 7.88. The van der Waals surface area contributed by atoms with Crippen molar-refractivity contribution in [3.05, 3.63) is 35.4 Å². The summed E-state index contributed by atoms with van der Waals surface area (Å²) in [6, 6.07) is 6.99. The molecule has 0 saturated carbocycles. The third kappa shape index (κ3) is 5.74. The topological polar surface area (TPSA) is 75.6 Å². The third-order valence-electron chi connectivity index (χ3n) is 3.59. The standard InChI is InChI=1S/C15H23NO4S/c17-11-13-4-3-5-14(10-13)12-21(18,19)16-8-7-15-6-1-2-9-20-15/h3-5,10,15-17H,1-2,6-9,11-12H2. The molecule has 118 valence electrons. The second-order valence-electron chi connectivity index (χ2n) is 5.41. The summed E-state index contributed by atoms with van der Waals surface area (Å²) >= 11 is 0. The van der Waals surface area contributed by atoms with Crippen molar-refractivity contribution in [1.29, 1.82) is 0 Å². The lowest BCUT2D eigenvalue weighted by Gasteiger charge is -2.22. The molecule has 1 saturated heterocycles. The van der Waals surface area contributed by atoms with Gasteiger partial charge in [0.05, 0.1) is 18.5 Å². The minimum absolute atomic E-state index is 0.0631. The number of rotatable bonds is 7. The Hall–Kier alpha value is -0.950. The zero-order valence-electron chi connectivity index (χ0n) is 12.1. The number of aliphatic hydroxyl groups excluding tert-OH is 1. The van der Waals surface area contributed by atoms with Crippen LogP contribution in [-0.4, -0.2) is 32.8 Å². The van der Waals surface area contributed by atoms with E-state index in [1.807, 2.05) is 0 Å². The molecular weight excluding hydrogens is 290 g/mol. The first-order valence-corrected chi connectivity index (χ1v) is 9.02. The van der Waals surface area contributed by atoms with E-state index in [4.69, 9.17) is 9.84 Å². The molecule has 1 fully saturated rings. The Balaban J connectivity index is 1.80. The first kappa shape index (κ1) is 16.4. The van der Waals surface area contributed by atoms with Crippen LogP contribution < -0.4 is 4.72 Å². The lowest BCUT2D eigenvalue weighted by Crippen LogP contribution is -2.30. The fraction of sp³-hybridized carbons (Fsp3) is 0.600. The Kier molecular flexibility index (Phi) is 6.17. The summed E-state index contributed by atoms with van der Waals surface area (Å²) in [6.07, 6.45) is 4.17. The van der Waals surface area contributed by atoms with Gasteiger partial charge in [-0.15, -0.1) is 0 Å². The molecule has 0 bridgehead atoms. The maximum atomic E-state index is 12.0. The molecule has 21 heavy (non-hydrogen) atoms. The minimum Gasteiger partial charge on any atom is -0.392 e. The van der Waals surface area contributed by atoms with Crippen LogP contribution in [0.2, 0.25) is 0 Å². The van der Waals surface area contributed by atoms with E-state index in [0.717, 1.165) is 37.9 Å². The summed E-state index contributed by atoms with van der Waals surface area (Å²) in [4.78, 5) is 0. The zero-order chi connectivity index (χ0) is 15.1. The second-order valence-corrected chi connectivity index (χ2v) is 7.22. The molecule has 5 nitrogen and oxygen atoms in total.